The quantitative estimate of drug-likeness (QED) is 0.0320. The molecule has 0 aromatic rings. The number of carbonyl (C=O) groups excluding carboxylic acids is 2. The highest BCUT2D eigenvalue weighted by atomic mass is 16.5. The first-order chi connectivity index (χ1) is 36.0. The van der Waals surface area contributed by atoms with Crippen molar-refractivity contribution in [3.05, 3.63) is 12.2 Å². The maximum absolute atomic E-state index is 12.5. The van der Waals surface area contributed by atoms with Crippen LogP contribution in [0.25, 0.3) is 0 Å². The maximum atomic E-state index is 12.5. The lowest BCUT2D eigenvalue weighted by Crippen LogP contribution is -2.45. The number of carbonyl (C=O) groups is 2. The highest BCUT2D eigenvalue weighted by Crippen LogP contribution is 2.19. The van der Waals surface area contributed by atoms with Gasteiger partial charge in [0.05, 0.1) is 25.4 Å². The van der Waals surface area contributed by atoms with Gasteiger partial charge in [-0.3, -0.25) is 9.59 Å². The number of aliphatic hydroxyl groups is 2. The summed E-state index contributed by atoms with van der Waals surface area (Å²) in [6, 6.07) is -0.545. The van der Waals surface area contributed by atoms with Gasteiger partial charge in [0.15, 0.2) is 0 Å². The predicted molar refractivity (Wildman–Crippen MR) is 320 cm³/mol. The van der Waals surface area contributed by atoms with Crippen LogP contribution in [-0.4, -0.2) is 47.4 Å². The molecule has 0 radical (unpaired) electrons. The van der Waals surface area contributed by atoms with E-state index in [1.807, 2.05) is 0 Å². The van der Waals surface area contributed by atoms with Crippen molar-refractivity contribution >= 4 is 11.9 Å². The van der Waals surface area contributed by atoms with Crippen LogP contribution >= 0.6 is 0 Å². The topological polar surface area (TPSA) is 95.9 Å². The van der Waals surface area contributed by atoms with Gasteiger partial charge in [0.25, 0.3) is 0 Å². The molecule has 0 fully saturated rings. The van der Waals surface area contributed by atoms with Crippen molar-refractivity contribution in [1.29, 1.82) is 0 Å². The van der Waals surface area contributed by atoms with Crippen LogP contribution in [-0.2, 0) is 14.3 Å². The first-order valence-electron chi connectivity index (χ1n) is 33.4. The zero-order chi connectivity index (χ0) is 52.9. The molecule has 2 unspecified atom stereocenters. The van der Waals surface area contributed by atoms with Crippen molar-refractivity contribution in [1.82, 2.24) is 5.32 Å². The Morgan fingerprint density at radius 3 is 0.973 bits per heavy atom. The molecule has 0 aliphatic carbocycles. The molecule has 6 nitrogen and oxygen atoms in total. The van der Waals surface area contributed by atoms with Gasteiger partial charge >= 0.3 is 5.97 Å². The standard InChI is InChI=1S/C67H131NO5/c1-3-5-7-9-11-13-15-16-17-18-19-24-27-30-33-36-40-43-47-51-55-59-65(70)64(63-69)68-66(71)60-56-52-48-44-41-37-34-31-28-25-22-20-21-23-26-29-32-35-38-42-46-50-54-58-62-73-67(72)61-57-53-49-45-39-14-12-10-8-6-4-2/h22,25,64-65,69-70H,3-21,23-24,26-63H2,1-2H3,(H,68,71)/b25-22-. The molecule has 0 heterocycles. The van der Waals surface area contributed by atoms with Gasteiger partial charge in [0.1, 0.15) is 0 Å². The molecule has 2 atom stereocenters. The van der Waals surface area contributed by atoms with Crippen molar-refractivity contribution in [2.45, 2.75) is 392 Å². The van der Waals surface area contributed by atoms with Crippen LogP contribution in [0.3, 0.4) is 0 Å². The smallest absolute Gasteiger partial charge is 0.305 e. The fraction of sp³-hybridized carbons (Fsp3) is 0.940. The lowest BCUT2D eigenvalue weighted by molar-refractivity contribution is -0.143. The van der Waals surface area contributed by atoms with E-state index in [1.54, 1.807) is 0 Å². The summed E-state index contributed by atoms with van der Waals surface area (Å²) in [5, 5.41) is 23.4. The molecular weight excluding hydrogens is 899 g/mol. The summed E-state index contributed by atoms with van der Waals surface area (Å²) >= 11 is 0. The lowest BCUT2D eigenvalue weighted by Gasteiger charge is -2.22. The van der Waals surface area contributed by atoms with Gasteiger partial charge in [-0.2, -0.15) is 0 Å². The third-order valence-electron chi connectivity index (χ3n) is 15.8. The van der Waals surface area contributed by atoms with Gasteiger partial charge in [-0.25, -0.2) is 0 Å². The molecule has 6 heteroatoms. The summed E-state index contributed by atoms with van der Waals surface area (Å²) in [5.74, 6) is -0.0219. The summed E-state index contributed by atoms with van der Waals surface area (Å²) in [6.45, 7) is 4.98. The van der Waals surface area contributed by atoms with Gasteiger partial charge in [-0.15, -0.1) is 0 Å². The number of aliphatic hydroxyl groups excluding tert-OH is 2. The Labute approximate surface area is 457 Å². The van der Waals surface area contributed by atoms with Crippen LogP contribution in [0.2, 0.25) is 0 Å². The molecule has 0 rings (SSSR count). The van der Waals surface area contributed by atoms with E-state index in [0.717, 1.165) is 38.5 Å². The van der Waals surface area contributed by atoms with Crippen LogP contribution in [0.4, 0.5) is 0 Å². The highest BCUT2D eigenvalue weighted by molar-refractivity contribution is 5.76. The Morgan fingerprint density at radius 1 is 0.370 bits per heavy atom. The fourth-order valence-corrected chi connectivity index (χ4v) is 10.7. The number of allylic oxidation sites excluding steroid dienone is 2. The SMILES string of the molecule is CCCCCCCCCCCCCCCCCCCCCCCC(O)C(CO)NC(=O)CCCCCCCCCC/C=C\CCCCCCCCCCCCCCOC(=O)CCCCCCCCCCCCC. The van der Waals surface area contributed by atoms with Crippen molar-refractivity contribution in [3.63, 3.8) is 0 Å². The first-order valence-corrected chi connectivity index (χ1v) is 33.4. The van der Waals surface area contributed by atoms with Gasteiger partial charge in [-0.1, -0.05) is 328 Å². The average molecular weight is 1030 g/mol. The zero-order valence-corrected chi connectivity index (χ0v) is 49.6. The van der Waals surface area contributed by atoms with E-state index in [0.29, 0.717) is 25.9 Å². The van der Waals surface area contributed by atoms with Crippen LogP contribution in [0, 0.1) is 0 Å². The van der Waals surface area contributed by atoms with E-state index in [2.05, 4.69) is 31.3 Å². The predicted octanol–water partition coefficient (Wildman–Crippen LogP) is 21.2. The maximum Gasteiger partial charge on any atom is 0.305 e. The van der Waals surface area contributed by atoms with E-state index in [4.69, 9.17) is 4.74 Å². The monoisotopic (exact) mass is 1030 g/mol. The van der Waals surface area contributed by atoms with Crippen molar-refractivity contribution in [2.75, 3.05) is 13.2 Å². The highest BCUT2D eigenvalue weighted by Gasteiger charge is 2.20. The third-order valence-corrected chi connectivity index (χ3v) is 15.8. The molecule has 0 aliphatic rings. The Bertz CT molecular complexity index is 1100. The van der Waals surface area contributed by atoms with Gasteiger partial charge < -0.3 is 20.3 Å². The van der Waals surface area contributed by atoms with Crippen molar-refractivity contribution < 1.29 is 24.5 Å². The number of esters is 1. The largest absolute Gasteiger partial charge is 0.466 e. The summed E-state index contributed by atoms with van der Waals surface area (Å²) in [6.07, 6.45) is 76.7. The summed E-state index contributed by atoms with van der Waals surface area (Å²) < 4.78 is 5.47. The van der Waals surface area contributed by atoms with Crippen LogP contribution < -0.4 is 5.32 Å². The number of hydrogen-bond donors (Lipinski definition) is 3. The minimum atomic E-state index is -0.667. The number of nitrogens with one attached hydrogen (secondary N) is 1. The Morgan fingerprint density at radius 2 is 0.644 bits per heavy atom. The normalized spacial score (nSPS) is 12.5. The third kappa shape index (κ3) is 59.7. The lowest BCUT2D eigenvalue weighted by atomic mass is 10.0. The van der Waals surface area contributed by atoms with E-state index in [9.17, 15) is 19.8 Å². The molecule has 0 aromatic carbocycles. The Kier molecular flexibility index (Phi) is 61.9. The Hall–Kier alpha value is -1.40. The van der Waals surface area contributed by atoms with Gasteiger partial charge in [0, 0.05) is 12.8 Å². The Balaban J connectivity index is 3.40. The second-order valence-corrected chi connectivity index (χ2v) is 23.2. The van der Waals surface area contributed by atoms with Crippen molar-refractivity contribution in [2.24, 2.45) is 0 Å². The molecule has 73 heavy (non-hydrogen) atoms. The molecule has 0 saturated heterocycles. The molecule has 0 aliphatic heterocycles. The molecule has 1 amide bonds. The second kappa shape index (κ2) is 63.1. The minimum Gasteiger partial charge on any atom is -0.466 e. The van der Waals surface area contributed by atoms with Crippen LogP contribution in [0.5, 0.6) is 0 Å². The fourth-order valence-electron chi connectivity index (χ4n) is 10.7. The first kappa shape index (κ1) is 71.6. The van der Waals surface area contributed by atoms with Gasteiger partial charge in [-0.05, 0) is 51.4 Å². The number of amides is 1. The van der Waals surface area contributed by atoms with Gasteiger partial charge in [0.2, 0.25) is 5.91 Å². The number of rotatable bonds is 63. The van der Waals surface area contributed by atoms with Crippen LogP contribution in [0.15, 0.2) is 12.2 Å². The zero-order valence-electron chi connectivity index (χ0n) is 49.6. The van der Waals surface area contributed by atoms with E-state index >= 15 is 0 Å². The van der Waals surface area contributed by atoms with E-state index in [1.165, 1.54) is 308 Å². The molecular formula is C67H131NO5. The molecule has 0 spiro atoms. The van der Waals surface area contributed by atoms with E-state index in [-0.39, 0.29) is 18.5 Å². The van der Waals surface area contributed by atoms with Crippen molar-refractivity contribution in [3.8, 4) is 0 Å². The minimum absolute atomic E-state index is 0.0131. The summed E-state index contributed by atoms with van der Waals surface area (Å²) in [5.41, 5.74) is 0. The van der Waals surface area contributed by atoms with Crippen LogP contribution in [0.1, 0.15) is 380 Å². The number of ether oxygens (including phenoxy) is 1. The second-order valence-electron chi connectivity index (χ2n) is 23.2. The average Bonchev–Trinajstić information content (AvgIpc) is 3.39. The molecule has 0 saturated carbocycles. The number of unbranched alkanes of at least 4 members (excludes halogenated alkanes) is 50. The molecule has 3 N–H and O–H groups in total. The molecule has 434 valence electrons. The molecule has 0 bridgehead atoms. The van der Waals surface area contributed by atoms with E-state index < -0.39 is 12.1 Å². The summed E-state index contributed by atoms with van der Waals surface area (Å²) in [7, 11) is 0. The number of hydrogen-bond acceptors (Lipinski definition) is 5. The molecule has 0 aromatic heterocycles. The summed E-state index contributed by atoms with van der Waals surface area (Å²) in [4.78, 5) is 24.5.